The molecular formula is C16H14N2O2S. The number of nitrogens with zero attached hydrogens (tertiary/aromatic N) is 2. The van der Waals surface area contributed by atoms with Gasteiger partial charge in [-0.25, -0.2) is 9.78 Å². The zero-order valence-electron chi connectivity index (χ0n) is 11.3. The van der Waals surface area contributed by atoms with E-state index in [1.807, 2.05) is 6.07 Å². The first-order valence-corrected chi connectivity index (χ1v) is 7.49. The van der Waals surface area contributed by atoms with E-state index in [1.54, 1.807) is 22.1 Å². The minimum Gasteiger partial charge on any atom is -0.475 e. The molecule has 3 aromatic rings. The van der Waals surface area contributed by atoms with Gasteiger partial charge in [0.15, 0.2) is 0 Å². The minimum atomic E-state index is -0.993. The van der Waals surface area contributed by atoms with Gasteiger partial charge in [-0.15, -0.1) is 11.3 Å². The van der Waals surface area contributed by atoms with Crippen LogP contribution in [0.1, 0.15) is 16.2 Å². The van der Waals surface area contributed by atoms with Gasteiger partial charge in [-0.3, -0.25) is 0 Å². The second kappa shape index (κ2) is 5.93. The number of hydrogen-bond donors (Lipinski definition) is 1. The standard InChI is InChI=1S/C16H14N2O2S/c19-16(20)15-17-8-10-18(15)9-7-12-3-5-13(6-4-12)14-2-1-11-21-14/h1-6,8,10-11H,7,9H2,(H,19,20). The summed E-state index contributed by atoms with van der Waals surface area (Å²) in [6.07, 6.45) is 3.99. The van der Waals surface area contributed by atoms with E-state index in [9.17, 15) is 4.79 Å². The van der Waals surface area contributed by atoms with Crippen LogP contribution in [-0.2, 0) is 13.0 Å². The number of benzene rings is 1. The molecule has 0 atom stereocenters. The predicted octanol–water partition coefficient (Wildman–Crippen LogP) is 3.55. The molecular weight excluding hydrogens is 284 g/mol. The third kappa shape index (κ3) is 3.03. The Balaban J connectivity index is 1.68. The number of rotatable bonds is 5. The molecule has 0 radical (unpaired) electrons. The van der Waals surface area contributed by atoms with Crippen molar-refractivity contribution in [3.63, 3.8) is 0 Å². The molecule has 0 aliphatic heterocycles. The highest BCUT2D eigenvalue weighted by molar-refractivity contribution is 7.13. The Morgan fingerprint density at radius 2 is 2.05 bits per heavy atom. The Hall–Kier alpha value is -2.40. The SMILES string of the molecule is O=C(O)c1nccn1CCc1ccc(-c2cccs2)cc1. The van der Waals surface area contributed by atoms with Gasteiger partial charge in [0.25, 0.3) is 0 Å². The number of carbonyl (C=O) groups is 1. The third-order valence-corrected chi connectivity index (χ3v) is 4.23. The predicted molar refractivity (Wildman–Crippen MR) is 82.6 cm³/mol. The van der Waals surface area contributed by atoms with Crippen molar-refractivity contribution in [2.45, 2.75) is 13.0 Å². The Kier molecular flexibility index (Phi) is 3.83. The van der Waals surface area contributed by atoms with Crippen molar-refractivity contribution in [1.29, 1.82) is 0 Å². The van der Waals surface area contributed by atoms with Crippen molar-refractivity contribution in [2.75, 3.05) is 0 Å². The molecule has 0 amide bonds. The summed E-state index contributed by atoms with van der Waals surface area (Å²) in [7, 11) is 0. The second-order valence-corrected chi connectivity index (χ2v) is 5.62. The smallest absolute Gasteiger partial charge is 0.372 e. The molecule has 0 saturated heterocycles. The van der Waals surface area contributed by atoms with Crippen molar-refractivity contribution >= 4 is 17.3 Å². The van der Waals surface area contributed by atoms with Gasteiger partial charge >= 0.3 is 5.97 Å². The average Bonchev–Trinajstić information content (AvgIpc) is 3.17. The summed E-state index contributed by atoms with van der Waals surface area (Å²) < 4.78 is 1.66. The average molecular weight is 298 g/mol. The van der Waals surface area contributed by atoms with Crippen molar-refractivity contribution in [1.82, 2.24) is 9.55 Å². The van der Waals surface area contributed by atoms with E-state index in [-0.39, 0.29) is 5.82 Å². The third-order valence-electron chi connectivity index (χ3n) is 3.31. The van der Waals surface area contributed by atoms with E-state index >= 15 is 0 Å². The second-order valence-electron chi connectivity index (χ2n) is 4.67. The van der Waals surface area contributed by atoms with Crippen LogP contribution in [0.4, 0.5) is 0 Å². The first-order valence-electron chi connectivity index (χ1n) is 6.61. The molecule has 106 valence electrons. The van der Waals surface area contributed by atoms with Crippen LogP contribution in [0.3, 0.4) is 0 Å². The lowest BCUT2D eigenvalue weighted by atomic mass is 10.1. The van der Waals surface area contributed by atoms with E-state index in [0.717, 1.165) is 6.42 Å². The molecule has 0 bridgehead atoms. The lowest BCUT2D eigenvalue weighted by Gasteiger charge is -2.06. The normalized spacial score (nSPS) is 10.7. The lowest BCUT2D eigenvalue weighted by Crippen LogP contribution is -2.10. The fraction of sp³-hybridized carbons (Fsp3) is 0.125. The number of imidazole rings is 1. The van der Waals surface area contributed by atoms with Crippen LogP contribution in [0.5, 0.6) is 0 Å². The van der Waals surface area contributed by atoms with Crippen LogP contribution in [0.2, 0.25) is 0 Å². The van der Waals surface area contributed by atoms with Crippen molar-refractivity contribution in [3.8, 4) is 10.4 Å². The van der Waals surface area contributed by atoms with E-state index in [1.165, 1.54) is 22.2 Å². The van der Waals surface area contributed by atoms with Gasteiger partial charge in [0.2, 0.25) is 5.82 Å². The number of thiophene rings is 1. The molecule has 0 spiro atoms. The highest BCUT2D eigenvalue weighted by Crippen LogP contribution is 2.24. The van der Waals surface area contributed by atoms with E-state index < -0.39 is 5.97 Å². The number of hydrogen-bond acceptors (Lipinski definition) is 3. The van der Waals surface area contributed by atoms with Gasteiger partial charge in [-0.05, 0) is 29.0 Å². The summed E-state index contributed by atoms with van der Waals surface area (Å²) in [6, 6.07) is 12.5. The maximum atomic E-state index is 11.0. The molecule has 0 aliphatic rings. The maximum Gasteiger partial charge on any atom is 0.372 e. The van der Waals surface area contributed by atoms with Gasteiger partial charge < -0.3 is 9.67 Å². The molecule has 21 heavy (non-hydrogen) atoms. The van der Waals surface area contributed by atoms with Gasteiger partial charge in [0.05, 0.1) is 0 Å². The number of carboxylic acid groups (broad SMARTS) is 1. The fourth-order valence-corrected chi connectivity index (χ4v) is 2.95. The zero-order chi connectivity index (χ0) is 14.7. The van der Waals surface area contributed by atoms with Crippen LogP contribution in [0.15, 0.2) is 54.2 Å². The molecule has 0 fully saturated rings. The molecule has 4 nitrogen and oxygen atoms in total. The molecule has 2 heterocycles. The van der Waals surface area contributed by atoms with E-state index in [0.29, 0.717) is 6.54 Å². The molecule has 2 aromatic heterocycles. The van der Waals surface area contributed by atoms with Crippen molar-refractivity contribution in [3.05, 3.63) is 65.6 Å². The summed E-state index contributed by atoms with van der Waals surface area (Å²) in [6.45, 7) is 0.611. The first-order chi connectivity index (χ1) is 10.2. The molecule has 0 aliphatic carbocycles. The Labute approximate surface area is 126 Å². The number of aromatic carboxylic acids is 1. The molecule has 1 N–H and O–H groups in total. The number of aromatic nitrogens is 2. The topological polar surface area (TPSA) is 55.1 Å². The van der Waals surface area contributed by atoms with Gasteiger partial charge in [-0.1, -0.05) is 30.3 Å². The zero-order valence-corrected chi connectivity index (χ0v) is 12.1. The Morgan fingerprint density at radius 3 is 2.71 bits per heavy atom. The van der Waals surface area contributed by atoms with Crippen molar-refractivity contribution < 1.29 is 9.90 Å². The quantitative estimate of drug-likeness (QED) is 0.783. The van der Waals surface area contributed by atoms with E-state index in [4.69, 9.17) is 5.11 Å². The van der Waals surface area contributed by atoms with Gasteiger partial charge in [-0.2, -0.15) is 0 Å². The molecule has 5 heteroatoms. The van der Waals surface area contributed by atoms with Gasteiger partial charge in [0, 0.05) is 23.8 Å². The van der Waals surface area contributed by atoms with Crippen LogP contribution < -0.4 is 0 Å². The van der Waals surface area contributed by atoms with Gasteiger partial charge in [0.1, 0.15) is 0 Å². The highest BCUT2D eigenvalue weighted by Gasteiger charge is 2.10. The van der Waals surface area contributed by atoms with Crippen LogP contribution in [-0.4, -0.2) is 20.6 Å². The van der Waals surface area contributed by atoms with Crippen LogP contribution in [0, 0.1) is 0 Å². The monoisotopic (exact) mass is 298 g/mol. The van der Waals surface area contributed by atoms with Crippen LogP contribution >= 0.6 is 11.3 Å². The largest absolute Gasteiger partial charge is 0.475 e. The van der Waals surface area contributed by atoms with Crippen LogP contribution in [0.25, 0.3) is 10.4 Å². The summed E-state index contributed by atoms with van der Waals surface area (Å²) in [4.78, 5) is 16.1. The Morgan fingerprint density at radius 1 is 1.24 bits per heavy atom. The molecule has 0 saturated carbocycles. The first kappa shape index (κ1) is 13.6. The molecule has 3 rings (SSSR count). The lowest BCUT2D eigenvalue weighted by molar-refractivity contribution is 0.0678. The molecule has 0 unspecified atom stereocenters. The summed E-state index contributed by atoms with van der Waals surface area (Å²) in [5.41, 5.74) is 2.39. The summed E-state index contributed by atoms with van der Waals surface area (Å²) in [5.74, 6) is -0.904. The maximum absolute atomic E-state index is 11.0. The van der Waals surface area contributed by atoms with E-state index in [2.05, 4.69) is 40.7 Å². The Bertz CT molecular complexity index is 730. The minimum absolute atomic E-state index is 0.0882. The summed E-state index contributed by atoms with van der Waals surface area (Å²) in [5, 5.41) is 11.1. The molecule has 1 aromatic carbocycles. The number of carboxylic acids is 1. The fourth-order valence-electron chi connectivity index (χ4n) is 2.22. The summed E-state index contributed by atoms with van der Waals surface area (Å²) >= 11 is 1.72. The number of aryl methyl sites for hydroxylation is 2. The highest BCUT2D eigenvalue weighted by atomic mass is 32.1. The van der Waals surface area contributed by atoms with Crippen molar-refractivity contribution in [2.24, 2.45) is 0 Å².